The topological polar surface area (TPSA) is 138 Å². The first-order valence-corrected chi connectivity index (χ1v) is 15.2. The minimum Gasteiger partial charge on any atom is -0.360 e. The van der Waals surface area contributed by atoms with Crippen LogP contribution in [0.25, 0.3) is 22.4 Å². The van der Waals surface area contributed by atoms with Crippen LogP contribution in [0.15, 0.2) is 112 Å². The fourth-order valence-corrected chi connectivity index (χ4v) is 6.02. The first kappa shape index (κ1) is 28.6. The molecule has 42 heavy (non-hydrogen) atoms. The molecule has 210 valence electrons. The fourth-order valence-electron chi connectivity index (χ4n) is 4.11. The second-order valence-corrected chi connectivity index (χ2v) is 12.3. The molecule has 5 aromatic rings. The predicted octanol–water partition coefficient (Wildman–Crippen LogP) is 6.50. The highest BCUT2D eigenvalue weighted by Gasteiger charge is 2.22. The Morgan fingerprint density at radius 2 is 1.60 bits per heavy atom. The normalized spacial score (nSPS) is 11.8. The van der Waals surface area contributed by atoms with Crippen molar-refractivity contribution in [3.8, 4) is 28.5 Å². The van der Waals surface area contributed by atoms with Crippen molar-refractivity contribution >= 4 is 39.2 Å². The summed E-state index contributed by atoms with van der Waals surface area (Å²) in [6, 6.07) is 30.6. The van der Waals surface area contributed by atoms with E-state index in [1.165, 1.54) is 42.1 Å². The monoisotopic (exact) mass is 595 g/mol. The van der Waals surface area contributed by atoms with Crippen LogP contribution in [-0.2, 0) is 14.8 Å². The molecule has 0 aliphatic heterocycles. The number of hydrogen-bond acceptors (Lipinski definition) is 8. The quantitative estimate of drug-likeness (QED) is 0.184. The Hall–Kier alpha value is -4.92. The minimum absolute atomic E-state index is 0.00222. The lowest BCUT2D eigenvalue weighted by Gasteiger charge is -2.16. The highest BCUT2D eigenvalue weighted by molar-refractivity contribution is 8.00. The standard InChI is InChI=1S/C31H25N5O4S2/c1-20-17-29(35-40-20)36-42(38,39)25-15-13-24(14-16-25)33-30(37)21(2)41-31-27(19-32)26(22-9-5-3-6-10-22)18-28(34-31)23-11-7-4-8-12-23/h3-18,21H,1-2H3,(H,33,37)(H,35,36). The molecule has 11 heteroatoms. The average molecular weight is 596 g/mol. The fraction of sp³-hybridized carbons (Fsp3) is 0.0968. The largest absolute Gasteiger partial charge is 0.360 e. The van der Waals surface area contributed by atoms with Gasteiger partial charge in [0.1, 0.15) is 16.9 Å². The zero-order chi connectivity index (χ0) is 29.7. The Balaban J connectivity index is 1.36. The Labute approximate surface area is 247 Å². The third-order valence-corrected chi connectivity index (χ3v) is 8.67. The number of hydrogen-bond donors (Lipinski definition) is 2. The van der Waals surface area contributed by atoms with Crippen molar-refractivity contribution in [2.45, 2.75) is 29.0 Å². The van der Waals surface area contributed by atoms with E-state index in [0.717, 1.165) is 16.7 Å². The van der Waals surface area contributed by atoms with Crippen LogP contribution in [0.3, 0.4) is 0 Å². The van der Waals surface area contributed by atoms with Crippen molar-refractivity contribution in [2.75, 3.05) is 10.0 Å². The molecule has 1 unspecified atom stereocenters. The van der Waals surface area contributed by atoms with Crippen molar-refractivity contribution in [3.05, 3.63) is 108 Å². The molecule has 9 nitrogen and oxygen atoms in total. The van der Waals surface area contributed by atoms with Gasteiger partial charge in [0.15, 0.2) is 5.82 Å². The molecule has 0 aliphatic rings. The molecule has 0 spiro atoms. The van der Waals surface area contributed by atoms with Gasteiger partial charge >= 0.3 is 0 Å². The number of pyridine rings is 1. The van der Waals surface area contributed by atoms with E-state index in [9.17, 15) is 18.5 Å². The molecule has 5 rings (SSSR count). The summed E-state index contributed by atoms with van der Waals surface area (Å²) in [6.45, 7) is 3.38. The molecule has 0 radical (unpaired) electrons. The van der Waals surface area contributed by atoms with Gasteiger partial charge in [0.25, 0.3) is 10.0 Å². The van der Waals surface area contributed by atoms with Gasteiger partial charge in [0.2, 0.25) is 5.91 Å². The summed E-state index contributed by atoms with van der Waals surface area (Å²) < 4.78 is 32.6. The lowest BCUT2D eigenvalue weighted by Crippen LogP contribution is -2.22. The van der Waals surface area contributed by atoms with E-state index >= 15 is 0 Å². The number of amides is 1. The van der Waals surface area contributed by atoms with Gasteiger partial charge in [-0.1, -0.05) is 77.6 Å². The van der Waals surface area contributed by atoms with Crippen LogP contribution in [0.5, 0.6) is 0 Å². The summed E-state index contributed by atoms with van der Waals surface area (Å²) in [5, 5.41) is 16.4. The molecule has 1 amide bonds. The Morgan fingerprint density at radius 1 is 0.952 bits per heavy atom. The third kappa shape index (κ3) is 6.52. The van der Waals surface area contributed by atoms with Crippen LogP contribution in [-0.4, -0.2) is 29.7 Å². The van der Waals surface area contributed by atoms with E-state index in [1.54, 1.807) is 13.8 Å². The highest BCUT2D eigenvalue weighted by atomic mass is 32.2. The maximum Gasteiger partial charge on any atom is 0.263 e. The van der Waals surface area contributed by atoms with Gasteiger partial charge in [-0.3, -0.25) is 9.52 Å². The van der Waals surface area contributed by atoms with Crippen molar-refractivity contribution in [1.82, 2.24) is 10.1 Å². The lowest BCUT2D eigenvalue weighted by molar-refractivity contribution is -0.115. The minimum atomic E-state index is -3.89. The third-order valence-electron chi connectivity index (χ3n) is 6.21. The average Bonchev–Trinajstić information content (AvgIpc) is 3.41. The van der Waals surface area contributed by atoms with Crippen LogP contribution < -0.4 is 10.0 Å². The lowest BCUT2D eigenvalue weighted by atomic mass is 9.99. The maximum absolute atomic E-state index is 13.2. The van der Waals surface area contributed by atoms with Gasteiger partial charge in [-0.2, -0.15) is 5.26 Å². The van der Waals surface area contributed by atoms with Gasteiger partial charge in [-0.25, -0.2) is 13.4 Å². The SMILES string of the molecule is Cc1cc(NS(=O)(=O)c2ccc(NC(=O)C(C)Sc3nc(-c4ccccc4)cc(-c4ccccc4)c3C#N)cc2)no1. The van der Waals surface area contributed by atoms with E-state index in [0.29, 0.717) is 27.7 Å². The number of nitrogens with one attached hydrogen (secondary N) is 2. The zero-order valence-electron chi connectivity index (χ0n) is 22.6. The Bertz CT molecular complexity index is 1870. The zero-order valence-corrected chi connectivity index (χ0v) is 24.2. The number of aromatic nitrogens is 2. The van der Waals surface area contributed by atoms with E-state index < -0.39 is 15.3 Å². The van der Waals surface area contributed by atoms with Gasteiger partial charge in [-0.15, -0.1) is 0 Å². The molecule has 2 aromatic heterocycles. The van der Waals surface area contributed by atoms with Crippen LogP contribution in [0.4, 0.5) is 11.5 Å². The highest BCUT2D eigenvalue weighted by Crippen LogP contribution is 2.36. The van der Waals surface area contributed by atoms with Gasteiger partial charge < -0.3 is 9.84 Å². The Kier molecular flexibility index (Phi) is 8.38. The second kappa shape index (κ2) is 12.3. The molecule has 0 fully saturated rings. The number of benzene rings is 3. The number of rotatable bonds is 9. The molecular weight excluding hydrogens is 571 g/mol. The molecule has 2 heterocycles. The van der Waals surface area contributed by atoms with Crippen LogP contribution in [0.2, 0.25) is 0 Å². The maximum atomic E-state index is 13.2. The van der Waals surface area contributed by atoms with Gasteiger partial charge in [0, 0.05) is 22.9 Å². The van der Waals surface area contributed by atoms with Crippen molar-refractivity contribution < 1.29 is 17.7 Å². The van der Waals surface area contributed by atoms with Crippen LogP contribution in [0, 0.1) is 18.3 Å². The molecule has 0 saturated heterocycles. The summed E-state index contributed by atoms with van der Waals surface area (Å²) in [5.74, 6) is 0.217. The first-order valence-electron chi connectivity index (χ1n) is 12.8. The molecular formula is C31H25N5O4S2. The van der Waals surface area contributed by atoms with Crippen LogP contribution >= 0.6 is 11.8 Å². The van der Waals surface area contributed by atoms with E-state index in [2.05, 4.69) is 21.3 Å². The molecule has 0 saturated carbocycles. The summed E-state index contributed by atoms with van der Waals surface area (Å²) in [7, 11) is -3.89. The Morgan fingerprint density at radius 3 is 2.19 bits per heavy atom. The van der Waals surface area contributed by atoms with E-state index in [4.69, 9.17) is 9.51 Å². The van der Waals surface area contributed by atoms with Crippen molar-refractivity contribution in [1.29, 1.82) is 5.26 Å². The number of carbonyl (C=O) groups excluding carboxylic acids is 1. The van der Waals surface area contributed by atoms with Crippen molar-refractivity contribution in [3.63, 3.8) is 0 Å². The van der Waals surface area contributed by atoms with E-state index in [-0.39, 0.29) is 16.6 Å². The number of thioether (sulfide) groups is 1. The van der Waals surface area contributed by atoms with Crippen LogP contribution in [0.1, 0.15) is 18.2 Å². The molecule has 0 aliphatic carbocycles. The summed E-state index contributed by atoms with van der Waals surface area (Å²) in [5.41, 5.74) is 3.98. The summed E-state index contributed by atoms with van der Waals surface area (Å²) >= 11 is 1.18. The number of nitriles is 1. The summed E-state index contributed by atoms with van der Waals surface area (Å²) in [6.07, 6.45) is 0. The molecule has 2 N–H and O–H groups in total. The number of anilines is 2. The smallest absolute Gasteiger partial charge is 0.263 e. The van der Waals surface area contributed by atoms with Crippen molar-refractivity contribution in [2.24, 2.45) is 0 Å². The second-order valence-electron chi connectivity index (χ2n) is 9.28. The van der Waals surface area contributed by atoms with Gasteiger partial charge in [0.05, 0.1) is 21.4 Å². The number of aryl methyl sites for hydroxylation is 1. The van der Waals surface area contributed by atoms with Gasteiger partial charge in [-0.05, 0) is 49.7 Å². The molecule has 3 aromatic carbocycles. The van der Waals surface area contributed by atoms with E-state index in [1.807, 2.05) is 66.7 Å². The predicted molar refractivity (Wildman–Crippen MR) is 162 cm³/mol. The molecule has 0 bridgehead atoms. The summed E-state index contributed by atoms with van der Waals surface area (Å²) in [4.78, 5) is 17.9. The number of nitrogens with zero attached hydrogens (tertiary/aromatic N) is 3. The number of sulfonamides is 1. The number of carbonyl (C=O) groups is 1. The first-order chi connectivity index (χ1) is 20.2. The molecule has 1 atom stereocenters.